The van der Waals surface area contributed by atoms with Crippen LogP contribution in [0.2, 0.25) is 0 Å². The van der Waals surface area contributed by atoms with Gasteiger partial charge in [0.15, 0.2) is 21.6 Å². The Morgan fingerprint density at radius 2 is 1.68 bits per heavy atom. The minimum absolute atomic E-state index is 0. The summed E-state index contributed by atoms with van der Waals surface area (Å²) < 4.78 is 12.1. The molecule has 4 aromatic rings. The largest absolute Gasteiger partial charge is 0.448 e. The molecule has 16 nitrogen and oxygen atoms in total. The number of anilines is 1. The Morgan fingerprint density at radius 3 is 2.25 bits per heavy atom. The number of aromatic nitrogens is 3. The number of thioether (sulfide) groups is 2. The Labute approximate surface area is 344 Å². The van der Waals surface area contributed by atoms with Crippen LogP contribution in [-0.4, -0.2) is 78.5 Å². The molecule has 2 aromatic carbocycles. The number of aryl methyl sites for hydroxylation is 1. The van der Waals surface area contributed by atoms with Crippen LogP contribution < -0.4 is 27.2 Å². The van der Waals surface area contributed by atoms with Crippen LogP contribution in [0.15, 0.2) is 81.7 Å². The van der Waals surface area contributed by atoms with Crippen molar-refractivity contribution in [1.29, 1.82) is 0 Å². The summed E-state index contributed by atoms with van der Waals surface area (Å²) in [6, 6.07) is 15.2. The molecule has 0 radical (unpaired) electrons. The summed E-state index contributed by atoms with van der Waals surface area (Å²) in [5, 5.41) is 15.2. The number of nitrogens with one attached hydrogen (secondary N) is 4. The van der Waals surface area contributed by atoms with Crippen LogP contribution in [0.5, 0.6) is 0 Å². The fourth-order valence-electron chi connectivity index (χ4n) is 5.54. The van der Waals surface area contributed by atoms with Crippen LogP contribution in [0.4, 0.5) is 14.7 Å². The molecule has 1 saturated heterocycles. The van der Waals surface area contributed by atoms with Gasteiger partial charge < -0.3 is 25.8 Å². The topological polar surface area (TPSA) is 220 Å². The summed E-state index contributed by atoms with van der Waals surface area (Å²) >= 11 is 5.24. The predicted molar refractivity (Wildman–Crippen MR) is 216 cm³/mol. The van der Waals surface area contributed by atoms with Crippen molar-refractivity contribution in [2.75, 3.05) is 17.2 Å². The number of β-lactam (4-membered cyclic amide) rings is 1. The number of amides is 5. The van der Waals surface area contributed by atoms with Crippen LogP contribution in [0.3, 0.4) is 0 Å². The van der Waals surface area contributed by atoms with Crippen LogP contribution in [0.25, 0.3) is 0 Å². The molecule has 6 rings (SSSR count). The fourth-order valence-corrected chi connectivity index (χ4v) is 9.43. The standard InChI is InChI=1S/C35H37N9O7S4.ClH/c1-18-40-43-34(55-18)54-16-21-15-52-29-24(38-27(45)23(22-17-53-31(36)37-22)39-32(48)41-42-33(49)51-35(2,3)4)28(46)44(29)25(21)30(47)50-26(19-11-7-5-8-12-19)20-13-9-6-10-14-20;/h5-14,17,23-24,26,29H,15-16H2,1-4H3,(H2,36,37)(H,38,45)(H,42,49)(H2,39,41,48);1H/t23?,24?,29-;/m0./s1. The molecule has 21 heteroatoms. The third-order valence-corrected chi connectivity index (χ3v) is 12.0. The Morgan fingerprint density at radius 1 is 1.02 bits per heavy atom. The first-order valence-electron chi connectivity index (χ1n) is 16.7. The number of hydrogen-bond donors (Lipinski definition) is 5. The van der Waals surface area contributed by atoms with E-state index in [1.807, 2.05) is 67.6 Å². The lowest BCUT2D eigenvalue weighted by Gasteiger charge is -2.50. The molecule has 6 N–H and O–H groups in total. The number of nitrogens with two attached hydrogens (primary N) is 1. The monoisotopic (exact) mass is 859 g/mol. The maximum Gasteiger partial charge on any atom is 0.426 e. The number of ether oxygens (including phenoxy) is 2. The number of carbonyl (C=O) groups excluding carboxylic acids is 5. The maximum absolute atomic E-state index is 14.3. The van der Waals surface area contributed by atoms with Gasteiger partial charge in [-0.15, -0.1) is 45.7 Å². The Kier molecular flexibility index (Phi) is 13.9. The van der Waals surface area contributed by atoms with Crippen molar-refractivity contribution in [2.24, 2.45) is 0 Å². The molecular weight excluding hydrogens is 822 g/mol. The lowest BCUT2D eigenvalue weighted by Crippen LogP contribution is -2.71. The second kappa shape index (κ2) is 18.4. The van der Waals surface area contributed by atoms with Gasteiger partial charge in [0.2, 0.25) is 5.91 Å². The Balaban J connectivity index is 0.00000600. The number of nitrogens with zero attached hydrogens (tertiary/aromatic N) is 4. The summed E-state index contributed by atoms with van der Waals surface area (Å²) in [5.41, 5.74) is 11.6. The van der Waals surface area contributed by atoms with Gasteiger partial charge in [0.05, 0.1) is 5.69 Å². The number of thiazole rings is 1. The molecule has 2 aliphatic rings. The molecule has 56 heavy (non-hydrogen) atoms. The zero-order chi connectivity index (χ0) is 39.3. The zero-order valence-corrected chi connectivity index (χ0v) is 34.4. The number of rotatable bonds is 11. The van der Waals surface area contributed by atoms with E-state index in [0.717, 1.165) is 27.5 Å². The second-order valence-electron chi connectivity index (χ2n) is 13.1. The van der Waals surface area contributed by atoms with Gasteiger partial charge in [-0.1, -0.05) is 83.8 Å². The van der Waals surface area contributed by atoms with E-state index in [9.17, 15) is 24.0 Å². The van der Waals surface area contributed by atoms with Crippen molar-refractivity contribution in [2.45, 2.75) is 61.2 Å². The number of hydrazine groups is 1. The summed E-state index contributed by atoms with van der Waals surface area (Å²) in [5.74, 6) is -1.33. The van der Waals surface area contributed by atoms with Crippen molar-refractivity contribution in [3.8, 4) is 0 Å². The number of fused-ring (bicyclic) bond motifs is 1. The van der Waals surface area contributed by atoms with Crippen molar-refractivity contribution in [1.82, 2.24) is 41.6 Å². The Bertz CT molecular complexity index is 2060. The lowest BCUT2D eigenvalue weighted by molar-refractivity contribution is -0.154. The Hall–Kier alpha value is -4.89. The van der Waals surface area contributed by atoms with E-state index in [4.69, 9.17) is 15.2 Å². The minimum atomic E-state index is -1.41. The number of benzene rings is 2. The minimum Gasteiger partial charge on any atom is -0.448 e. The number of nitrogen functional groups attached to an aromatic ring is 1. The molecule has 0 saturated carbocycles. The molecule has 4 heterocycles. The molecule has 5 amide bonds. The lowest BCUT2D eigenvalue weighted by atomic mass is 10.0. The molecular formula is C35H38ClN9O7S4. The molecule has 2 aliphatic heterocycles. The highest BCUT2D eigenvalue weighted by atomic mass is 35.5. The van der Waals surface area contributed by atoms with E-state index in [1.165, 1.54) is 45.1 Å². The molecule has 0 bridgehead atoms. The first-order valence-corrected chi connectivity index (χ1v) is 20.5. The van der Waals surface area contributed by atoms with Gasteiger partial charge in [0.1, 0.15) is 27.7 Å². The van der Waals surface area contributed by atoms with Gasteiger partial charge in [-0.3, -0.25) is 14.5 Å². The van der Waals surface area contributed by atoms with Crippen molar-refractivity contribution in [3.05, 3.63) is 99.1 Å². The first-order chi connectivity index (χ1) is 26.3. The highest BCUT2D eigenvalue weighted by Gasteiger charge is 2.55. The quantitative estimate of drug-likeness (QED) is 0.0590. The third kappa shape index (κ3) is 10.3. The van der Waals surface area contributed by atoms with Gasteiger partial charge in [-0.2, -0.15) is 0 Å². The van der Waals surface area contributed by atoms with Gasteiger partial charge in [-0.25, -0.2) is 30.2 Å². The fraction of sp³-hybridized carbons (Fsp3) is 0.314. The summed E-state index contributed by atoms with van der Waals surface area (Å²) in [4.78, 5) is 72.5. The SMILES string of the molecule is Cc1nnc(SCC2=C(C(=O)OC(c3ccccc3)c3ccccc3)N3C(=O)C(NC(=O)C(NC(=O)NNC(=O)OC(C)(C)C)c4csc(N)n4)[C@@H]3SC2)s1.Cl. The highest BCUT2D eigenvalue weighted by Crippen LogP contribution is 2.43. The van der Waals surface area contributed by atoms with Gasteiger partial charge in [0.25, 0.3) is 5.91 Å². The number of esters is 1. The number of hydrogen-bond acceptors (Lipinski definition) is 15. The molecule has 296 valence electrons. The van der Waals surface area contributed by atoms with E-state index < -0.39 is 59.1 Å². The van der Waals surface area contributed by atoms with Crippen molar-refractivity contribution >= 4 is 93.6 Å². The van der Waals surface area contributed by atoms with Crippen molar-refractivity contribution in [3.63, 3.8) is 0 Å². The van der Waals surface area contributed by atoms with E-state index in [0.29, 0.717) is 21.4 Å². The van der Waals surface area contributed by atoms with Crippen LogP contribution in [0, 0.1) is 6.92 Å². The smallest absolute Gasteiger partial charge is 0.426 e. The van der Waals surface area contributed by atoms with Crippen LogP contribution in [0.1, 0.15) is 54.7 Å². The normalized spacial score (nSPS) is 16.8. The summed E-state index contributed by atoms with van der Waals surface area (Å²) in [6.45, 7) is 6.81. The number of urea groups is 1. The molecule has 2 aromatic heterocycles. The molecule has 1 fully saturated rings. The van der Waals surface area contributed by atoms with E-state index in [2.05, 4.69) is 36.7 Å². The number of carbonyl (C=O) groups is 5. The van der Waals surface area contributed by atoms with Gasteiger partial charge in [-0.05, 0) is 44.4 Å². The average Bonchev–Trinajstić information content (AvgIpc) is 3.79. The molecule has 0 spiro atoms. The maximum atomic E-state index is 14.3. The average molecular weight is 860 g/mol. The summed E-state index contributed by atoms with van der Waals surface area (Å²) in [6.07, 6.45) is -1.69. The van der Waals surface area contributed by atoms with Gasteiger partial charge >= 0.3 is 18.1 Å². The highest BCUT2D eigenvalue weighted by molar-refractivity contribution is 8.01. The molecule has 0 aliphatic carbocycles. The third-order valence-electron chi connectivity index (χ3n) is 7.90. The van der Waals surface area contributed by atoms with Crippen LogP contribution in [-0.2, 0) is 23.9 Å². The van der Waals surface area contributed by atoms with E-state index in [1.54, 1.807) is 20.8 Å². The summed E-state index contributed by atoms with van der Waals surface area (Å²) in [7, 11) is 0. The number of halogens is 1. The predicted octanol–water partition coefficient (Wildman–Crippen LogP) is 4.87. The van der Waals surface area contributed by atoms with E-state index >= 15 is 0 Å². The van der Waals surface area contributed by atoms with Crippen LogP contribution >= 0.6 is 58.6 Å². The first kappa shape index (κ1) is 42.3. The second-order valence-corrected chi connectivity index (χ2v) is 17.5. The van der Waals surface area contributed by atoms with Crippen molar-refractivity contribution < 1.29 is 33.4 Å². The zero-order valence-electron chi connectivity index (χ0n) is 30.3. The van der Waals surface area contributed by atoms with Gasteiger partial charge in [0, 0.05) is 16.9 Å². The molecule has 2 unspecified atom stereocenters. The van der Waals surface area contributed by atoms with E-state index in [-0.39, 0.29) is 28.9 Å². The molecule has 3 atom stereocenters.